The molecule has 37 heavy (non-hydrogen) atoms. The Morgan fingerprint density at radius 3 is 2.32 bits per heavy atom. The Bertz CT molecular complexity index is 1340. The smallest absolute Gasteiger partial charge is 0.174 e. The average Bonchev–Trinajstić information content (AvgIpc) is 3.56. The van der Waals surface area contributed by atoms with Crippen molar-refractivity contribution in [3.63, 3.8) is 0 Å². The van der Waals surface area contributed by atoms with Crippen LogP contribution in [0.25, 0.3) is 0 Å². The minimum absolute atomic E-state index is 0.00360. The van der Waals surface area contributed by atoms with Crippen molar-refractivity contribution < 1.29 is 4.74 Å². The van der Waals surface area contributed by atoms with Crippen molar-refractivity contribution in [2.75, 3.05) is 4.90 Å². The topological polar surface area (TPSA) is 42.3 Å². The summed E-state index contributed by atoms with van der Waals surface area (Å²) >= 11 is 5.91. The predicted molar refractivity (Wildman–Crippen MR) is 152 cm³/mol. The summed E-state index contributed by atoms with van der Waals surface area (Å²) in [4.78, 5) is 6.91. The second kappa shape index (κ2) is 10.4. The molecule has 0 radical (unpaired) electrons. The number of aromatic nitrogens is 2. The minimum atomic E-state index is -0.0422. The van der Waals surface area contributed by atoms with Crippen LogP contribution >= 0.6 is 12.2 Å². The van der Waals surface area contributed by atoms with Gasteiger partial charge < -0.3 is 19.5 Å². The van der Waals surface area contributed by atoms with Gasteiger partial charge in [-0.15, -0.1) is 0 Å². The average molecular weight is 509 g/mol. The van der Waals surface area contributed by atoms with E-state index in [0.717, 1.165) is 22.9 Å². The first-order valence-electron chi connectivity index (χ1n) is 13.2. The highest BCUT2D eigenvalue weighted by Gasteiger charge is 2.41. The fraction of sp³-hybridized carbons (Fsp3) is 0.290. The van der Waals surface area contributed by atoms with Crippen LogP contribution in [0, 0.1) is 6.92 Å². The first-order chi connectivity index (χ1) is 18.2. The molecular weight excluding hydrogens is 476 g/mol. The third-order valence-corrected chi connectivity index (χ3v) is 7.86. The van der Waals surface area contributed by atoms with Crippen molar-refractivity contribution >= 4 is 23.0 Å². The number of ether oxygens (including phenoxy) is 1. The van der Waals surface area contributed by atoms with E-state index in [1.165, 1.54) is 43.2 Å². The van der Waals surface area contributed by atoms with E-state index in [1.54, 1.807) is 0 Å². The van der Waals surface area contributed by atoms with Gasteiger partial charge in [-0.1, -0.05) is 43.0 Å². The number of nitrogens with one attached hydrogen (secondary N) is 1. The van der Waals surface area contributed by atoms with Gasteiger partial charge in [0.15, 0.2) is 5.11 Å². The number of aryl methyl sites for hydroxylation is 1. The lowest BCUT2D eigenvalue weighted by atomic mass is 9.95. The summed E-state index contributed by atoms with van der Waals surface area (Å²) in [5, 5.41) is 4.28. The molecular formula is C31H32N4OS. The van der Waals surface area contributed by atoms with E-state index in [1.807, 2.05) is 42.6 Å². The Balaban J connectivity index is 1.31. The molecule has 0 spiro atoms. The van der Waals surface area contributed by atoms with E-state index >= 15 is 0 Å². The maximum absolute atomic E-state index is 6.07. The van der Waals surface area contributed by atoms with Crippen molar-refractivity contribution in [3.8, 4) is 11.5 Å². The molecule has 2 atom stereocenters. The Morgan fingerprint density at radius 2 is 1.62 bits per heavy atom. The summed E-state index contributed by atoms with van der Waals surface area (Å²) in [6.45, 7) is 2.07. The van der Waals surface area contributed by atoms with E-state index in [4.69, 9.17) is 17.0 Å². The normalized spacial score (nSPS) is 20.1. The van der Waals surface area contributed by atoms with Crippen LogP contribution in [0.2, 0.25) is 0 Å². The highest BCUT2D eigenvalue weighted by atomic mass is 32.1. The molecule has 0 amide bonds. The summed E-state index contributed by atoms with van der Waals surface area (Å²) in [6, 6.07) is 25.2. The molecule has 3 heterocycles. The quantitative estimate of drug-likeness (QED) is 0.271. The fourth-order valence-electron chi connectivity index (χ4n) is 5.60. The molecule has 6 rings (SSSR count). The van der Waals surface area contributed by atoms with Crippen molar-refractivity contribution in [2.45, 2.75) is 57.2 Å². The molecule has 2 aromatic heterocycles. The number of hydrogen-bond acceptors (Lipinski definition) is 3. The van der Waals surface area contributed by atoms with Crippen LogP contribution in [-0.2, 0) is 0 Å². The second-order valence-electron chi connectivity index (χ2n) is 10.1. The van der Waals surface area contributed by atoms with E-state index < -0.39 is 0 Å². The van der Waals surface area contributed by atoms with Crippen LogP contribution in [0.5, 0.6) is 11.5 Å². The maximum atomic E-state index is 6.07. The van der Waals surface area contributed by atoms with Gasteiger partial charge in [-0.05, 0) is 92.1 Å². The van der Waals surface area contributed by atoms with Crippen molar-refractivity contribution in [2.24, 2.45) is 0 Å². The number of pyridine rings is 1. The van der Waals surface area contributed by atoms with Crippen molar-refractivity contribution in [1.82, 2.24) is 14.9 Å². The van der Waals surface area contributed by atoms with E-state index in [-0.39, 0.29) is 12.1 Å². The molecule has 1 aliphatic heterocycles. The molecule has 6 heteroatoms. The zero-order valence-electron chi connectivity index (χ0n) is 21.1. The molecule has 2 aliphatic rings. The van der Waals surface area contributed by atoms with Crippen molar-refractivity contribution in [1.29, 1.82) is 0 Å². The number of anilines is 1. The first kappa shape index (κ1) is 23.7. The van der Waals surface area contributed by atoms with E-state index in [9.17, 15) is 0 Å². The summed E-state index contributed by atoms with van der Waals surface area (Å²) in [5.41, 5.74) is 4.47. The minimum Gasteiger partial charge on any atom is -0.457 e. The van der Waals surface area contributed by atoms with E-state index in [0.29, 0.717) is 11.2 Å². The van der Waals surface area contributed by atoms with Gasteiger partial charge in [-0.2, -0.15) is 0 Å². The van der Waals surface area contributed by atoms with Gasteiger partial charge in [-0.25, -0.2) is 0 Å². The van der Waals surface area contributed by atoms with Gasteiger partial charge in [0.2, 0.25) is 0 Å². The summed E-state index contributed by atoms with van der Waals surface area (Å²) in [7, 11) is 0. The Hall–Kier alpha value is -3.64. The summed E-state index contributed by atoms with van der Waals surface area (Å²) in [6.07, 6.45) is 12.9. The van der Waals surface area contributed by atoms with E-state index in [2.05, 4.69) is 75.5 Å². The van der Waals surface area contributed by atoms with Gasteiger partial charge in [0, 0.05) is 30.3 Å². The lowest BCUT2D eigenvalue weighted by Gasteiger charge is -2.28. The lowest BCUT2D eigenvalue weighted by molar-refractivity contribution is 0.353. The van der Waals surface area contributed by atoms with Gasteiger partial charge in [0.05, 0.1) is 17.8 Å². The molecule has 0 unspecified atom stereocenters. The molecule has 1 saturated heterocycles. The summed E-state index contributed by atoms with van der Waals surface area (Å²) in [5.74, 6) is 1.63. The second-order valence-corrected chi connectivity index (χ2v) is 10.5. The first-order valence-corrected chi connectivity index (χ1v) is 13.6. The molecule has 5 nitrogen and oxygen atoms in total. The number of benzene rings is 2. The largest absolute Gasteiger partial charge is 0.457 e. The zero-order valence-corrected chi connectivity index (χ0v) is 21.9. The predicted octanol–water partition coefficient (Wildman–Crippen LogP) is 7.67. The zero-order chi connectivity index (χ0) is 25.2. The maximum Gasteiger partial charge on any atom is 0.174 e. The van der Waals surface area contributed by atoms with Crippen LogP contribution < -0.4 is 15.0 Å². The van der Waals surface area contributed by atoms with Gasteiger partial charge in [-0.3, -0.25) is 4.98 Å². The van der Waals surface area contributed by atoms with Crippen LogP contribution in [0.15, 0.2) is 91.4 Å². The molecule has 4 aromatic rings. The number of nitrogens with zero attached hydrogens (tertiary/aromatic N) is 3. The van der Waals surface area contributed by atoms with Crippen LogP contribution in [0.3, 0.4) is 0 Å². The molecule has 1 saturated carbocycles. The molecule has 2 fully saturated rings. The lowest BCUT2D eigenvalue weighted by Crippen LogP contribution is -2.29. The number of rotatable bonds is 6. The van der Waals surface area contributed by atoms with Gasteiger partial charge >= 0.3 is 0 Å². The monoisotopic (exact) mass is 508 g/mol. The Labute approximate surface area is 224 Å². The highest BCUT2D eigenvalue weighted by molar-refractivity contribution is 7.80. The van der Waals surface area contributed by atoms with Crippen LogP contribution in [-0.4, -0.2) is 14.7 Å². The third kappa shape index (κ3) is 4.98. The SMILES string of the molecule is Cc1ccc(Oc2ccc(N3C(=S)N[C@@H](c4ccccn4)[C@H]3c3ccn(C4CCCCC4)c3)cc2)cc1. The third-order valence-electron chi connectivity index (χ3n) is 7.54. The summed E-state index contributed by atoms with van der Waals surface area (Å²) < 4.78 is 8.49. The van der Waals surface area contributed by atoms with Crippen LogP contribution in [0.1, 0.15) is 67.1 Å². The molecule has 2 aromatic carbocycles. The van der Waals surface area contributed by atoms with Crippen LogP contribution in [0.4, 0.5) is 5.69 Å². The molecule has 1 aliphatic carbocycles. The van der Waals surface area contributed by atoms with Gasteiger partial charge in [0.1, 0.15) is 11.5 Å². The Kier molecular flexibility index (Phi) is 6.66. The number of hydrogen-bond donors (Lipinski definition) is 1. The van der Waals surface area contributed by atoms with Gasteiger partial charge in [0.25, 0.3) is 0 Å². The molecule has 188 valence electrons. The Morgan fingerprint density at radius 1 is 0.892 bits per heavy atom. The number of thiocarbonyl (C=S) groups is 1. The standard InChI is InChI=1S/C31H32N4OS/c1-22-10-14-26(15-11-22)36-27-16-12-25(13-17-27)35-30(29(33-31(35)37)28-9-5-6-19-32-28)23-18-20-34(21-23)24-7-3-2-4-8-24/h5-6,9-21,24,29-30H,2-4,7-8H2,1H3,(H,33,37)/t29-,30+/m0/s1. The molecule has 1 N–H and O–H groups in total. The molecule has 0 bridgehead atoms. The highest BCUT2D eigenvalue weighted by Crippen LogP contribution is 2.42. The fourth-order valence-corrected chi connectivity index (χ4v) is 5.95. The van der Waals surface area contributed by atoms with Crippen molar-refractivity contribution in [3.05, 3.63) is 108 Å².